The van der Waals surface area contributed by atoms with Gasteiger partial charge in [-0.05, 0) is 38.8 Å². The number of nitrogens with one attached hydrogen (secondary N) is 1. The van der Waals surface area contributed by atoms with Crippen LogP contribution in [-0.2, 0) is 4.79 Å². The highest BCUT2D eigenvalue weighted by Crippen LogP contribution is 2.29. The van der Waals surface area contributed by atoms with Gasteiger partial charge in [-0.3, -0.25) is 4.79 Å². The van der Waals surface area contributed by atoms with Crippen molar-refractivity contribution in [2.75, 3.05) is 23.3 Å². The van der Waals surface area contributed by atoms with Crippen LogP contribution in [0.15, 0.2) is 29.0 Å². The molecule has 1 saturated heterocycles. The summed E-state index contributed by atoms with van der Waals surface area (Å²) in [5.41, 5.74) is 2.11. The van der Waals surface area contributed by atoms with Gasteiger partial charge in [0.2, 0.25) is 5.91 Å². The molecule has 0 aromatic carbocycles. The second-order valence-electron chi connectivity index (χ2n) is 6.58. The van der Waals surface area contributed by atoms with Crippen molar-refractivity contribution in [3.8, 4) is 0 Å². The summed E-state index contributed by atoms with van der Waals surface area (Å²) in [7, 11) is 0. The highest BCUT2D eigenvalue weighted by Gasteiger charge is 2.28. The Bertz CT molecular complexity index is 954. The fraction of sp³-hybridized carbons (Fsp3) is 0.389. The maximum Gasteiger partial charge on any atom is 0.263 e. The van der Waals surface area contributed by atoms with E-state index in [-0.39, 0.29) is 11.8 Å². The molecule has 1 N–H and O–H groups in total. The van der Waals surface area contributed by atoms with Gasteiger partial charge in [0, 0.05) is 18.8 Å². The molecule has 0 saturated carbocycles. The molecule has 1 fully saturated rings. The number of pyridine rings is 1. The Labute approximate surface area is 150 Å². The number of carbonyl (C=O) groups excluding carboxylic acids is 1. The first-order chi connectivity index (χ1) is 12.6. The highest BCUT2D eigenvalue weighted by atomic mass is 16.5. The molecule has 0 spiro atoms. The third-order valence-electron chi connectivity index (χ3n) is 4.65. The Balaban J connectivity index is 1.53. The molecular weight excluding hydrogens is 332 g/mol. The fourth-order valence-corrected chi connectivity index (χ4v) is 3.37. The first-order valence-electron chi connectivity index (χ1n) is 8.68. The maximum absolute atomic E-state index is 12.7. The molecule has 4 heterocycles. The average molecular weight is 352 g/mol. The van der Waals surface area contributed by atoms with E-state index in [1.165, 1.54) is 6.33 Å². The van der Waals surface area contributed by atoms with Crippen LogP contribution in [0.25, 0.3) is 11.1 Å². The number of aryl methyl sites for hydroxylation is 2. The van der Waals surface area contributed by atoms with E-state index in [2.05, 4.69) is 30.3 Å². The van der Waals surface area contributed by atoms with Crippen molar-refractivity contribution in [2.45, 2.75) is 26.7 Å². The lowest BCUT2D eigenvalue weighted by molar-refractivity contribution is -0.120. The van der Waals surface area contributed by atoms with Crippen molar-refractivity contribution < 1.29 is 9.32 Å². The summed E-state index contributed by atoms with van der Waals surface area (Å²) in [5, 5.41) is 7.72. The molecule has 3 aromatic heterocycles. The van der Waals surface area contributed by atoms with Crippen LogP contribution in [-0.4, -0.2) is 39.1 Å². The molecule has 1 aliphatic heterocycles. The van der Waals surface area contributed by atoms with Gasteiger partial charge in [0.15, 0.2) is 0 Å². The Hall–Kier alpha value is -3.03. The molecule has 1 aliphatic rings. The number of anilines is 2. The first-order valence-corrected chi connectivity index (χ1v) is 8.68. The third kappa shape index (κ3) is 3.10. The molecule has 1 atom stereocenters. The van der Waals surface area contributed by atoms with Crippen molar-refractivity contribution in [2.24, 2.45) is 5.92 Å². The molecule has 4 rings (SSSR count). The summed E-state index contributed by atoms with van der Waals surface area (Å²) >= 11 is 0. The molecule has 1 amide bonds. The van der Waals surface area contributed by atoms with E-state index < -0.39 is 0 Å². The lowest BCUT2D eigenvalue weighted by Gasteiger charge is -2.32. The molecule has 8 heteroatoms. The summed E-state index contributed by atoms with van der Waals surface area (Å²) in [6.45, 7) is 5.20. The van der Waals surface area contributed by atoms with E-state index in [0.29, 0.717) is 18.1 Å². The zero-order chi connectivity index (χ0) is 18.1. The number of hydrogen-bond donors (Lipinski definition) is 1. The fourth-order valence-electron chi connectivity index (χ4n) is 3.37. The van der Waals surface area contributed by atoms with Crippen molar-refractivity contribution in [3.05, 3.63) is 35.9 Å². The monoisotopic (exact) mass is 352 g/mol. The van der Waals surface area contributed by atoms with E-state index in [1.54, 1.807) is 6.07 Å². The number of hydrogen-bond acceptors (Lipinski definition) is 7. The van der Waals surface area contributed by atoms with Gasteiger partial charge < -0.3 is 14.7 Å². The smallest absolute Gasteiger partial charge is 0.263 e. The van der Waals surface area contributed by atoms with Crippen LogP contribution in [0.4, 0.5) is 11.6 Å². The number of fused-ring (bicyclic) bond motifs is 1. The van der Waals surface area contributed by atoms with Gasteiger partial charge >= 0.3 is 0 Å². The van der Waals surface area contributed by atoms with Gasteiger partial charge in [0.25, 0.3) is 5.71 Å². The topological polar surface area (TPSA) is 97.0 Å². The summed E-state index contributed by atoms with van der Waals surface area (Å²) in [6, 6.07) is 5.59. The summed E-state index contributed by atoms with van der Waals surface area (Å²) < 4.78 is 5.23. The van der Waals surface area contributed by atoms with E-state index in [1.807, 2.05) is 26.0 Å². The van der Waals surface area contributed by atoms with Crippen LogP contribution >= 0.6 is 0 Å². The second kappa shape index (κ2) is 6.70. The van der Waals surface area contributed by atoms with Crippen LogP contribution in [0.3, 0.4) is 0 Å². The standard InChI is InChI=1S/C18H20N6O2/c1-11-5-3-7-14(21-11)22-17(25)13-6-4-8-24(9-13)16-15-12(2)23-26-18(15)20-10-19-16/h3,5,7,10,13H,4,6,8-9H2,1-2H3,(H,21,22,25). The van der Waals surface area contributed by atoms with E-state index in [0.717, 1.165) is 42.0 Å². The predicted octanol–water partition coefficient (Wildman–Crippen LogP) is 2.48. The SMILES string of the molecule is Cc1cccc(NC(=O)C2CCCN(c3ncnc4onc(C)c34)C2)n1. The van der Waals surface area contributed by atoms with Gasteiger partial charge in [-0.15, -0.1) is 0 Å². The van der Waals surface area contributed by atoms with Gasteiger partial charge in [-0.1, -0.05) is 11.2 Å². The summed E-state index contributed by atoms with van der Waals surface area (Å²) in [6.07, 6.45) is 3.22. The van der Waals surface area contributed by atoms with Crippen LogP contribution in [0.1, 0.15) is 24.2 Å². The van der Waals surface area contributed by atoms with Gasteiger partial charge in [-0.2, -0.15) is 4.98 Å². The number of nitrogens with zero attached hydrogens (tertiary/aromatic N) is 5. The lowest BCUT2D eigenvalue weighted by Crippen LogP contribution is -2.41. The Morgan fingerprint density at radius 1 is 1.31 bits per heavy atom. The molecule has 0 radical (unpaired) electrons. The van der Waals surface area contributed by atoms with E-state index >= 15 is 0 Å². The Kier molecular flexibility index (Phi) is 4.24. The van der Waals surface area contributed by atoms with Crippen LogP contribution in [0.2, 0.25) is 0 Å². The Morgan fingerprint density at radius 2 is 2.19 bits per heavy atom. The highest BCUT2D eigenvalue weighted by molar-refractivity contribution is 5.93. The minimum Gasteiger partial charge on any atom is -0.355 e. The van der Waals surface area contributed by atoms with Gasteiger partial charge in [-0.25, -0.2) is 9.97 Å². The first kappa shape index (κ1) is 16.4. The van der Waals surface area contributed by atoms with Gasteiger partial charge in [0.05, 0.1) is 11.6 Å². The molecule has 26 heavy (non-hydrogen) atoms. The normalized spacial score (nSPS) is 17.5. The number of carbonyl (C=O) groups is 1. The van der Waals surface area contributed by atoms with Crippen molar-refractivity contribution in [3.63, 3.8) is 0 Å². The van der Waals surface area contributed by atoms with E-state index in [9.17, 15) is 4.79 Å². The van der Waals surface area contributed by atoms with E-state index in [4.69, 9.17) is 4.52 Å². The minimum absolute atomic E-state index is 0.0138. The quantitative estimate of drug-likeness (QED) is 0.773. The average Bonchev–Trinajstić information content (AvgIpc) is 3.03. The molecule has 0 bridgehead atoms. The number of rotatable bonds is 3. The molecule has 8 nitrogen and oxygen atoms in total. The lowest BCUT2D eigenvalue weighted by atomic mass is 9.97. The zero-order valence-corrected chi connectivity index (χ0v) is 14.8. The molecular formula is C18H20N6O2. The van der Waals surface area contributed by atoms with Crippen molar-refractivity contribution in [1.29, 1.82) is 0 Å². The second-order valence-corrected chi connectivity index (χ2v) is 6.58. The van der Waals surface area contributed by atoms with Crippen molar-refractivity contribution >= 4 is 28.6 Å². The molecule has 1 unspecified atom stereocenters. The number of amides is 1. The largest absolute Gasteiger partial charge is 0.355 e. The predicted molar refractivity (Wildman–Crippen MR) is 96.9 cm³/mol. The zero-order valence-electron chi connectivity index (χ0n) is 14.8. The minimum atomic E-state index is -0.128. The summed E-state index contributed by atoms with van der Waals surface area (Å²) in [5.74, 6) is 1.22. The molecule has 0 aliphatic carbocycles. The molecule has 134 valence electrons. The van der Waals surface area contributed by atoms with Crippen LogP contribution in [0, 0.1) is 19.8 Å². The Morgan fingerprint density at radius 3 is 3.04 bits per heavy atom. The third-order valence-corrected chi connectivity index (χ3v) is 4.65. The number of piperidine rings is 1. The summed E-state index contributed by atoms with van der Waals surface area (Å²) in [4.78, 5) is 27.7. The maximum atomic E-state index is 12.7. The number of aromatic nitrogens is 4. The van der Waals surface area contributed by atoms with Crippen LogP contribution < -0.4 is 10.2 Å². The van der Waals surface area contributed by atoms with Crippen LogP contribution in [0.5, 0.6) is 0 Å². The van der Waals surface area contributed by atoms with Crippen molar-refractivity contribution in [1.82, 2.24) is 20.1 Å². The van der Waals surface area contributed by atoms with Gasteiger partial charge in [0.1, 0.15) is 23.3 Å². The molecule has 3 aromatic rings.